The van der Waals surface area contributed by atoms with Crippen molar-refractivity contribution >= 4 is 22.9 Å². The standard InChI is InChI=1S/C13H18N2OS/c1-9-4-5-10-11(6-9)16-13(2,3)8-15(10)7-12(14)17/h4-6H,7-8H2,1-3H3,(H2,14,17). The fourth-order valence-electron chi connectivity index (χ4n) is 2.17. The number of benzene rings is 1. The molecule has 0 aliphatic carbocycles. The molecule has 0 fully saturated rings. The zero-order valence-electron chi connectivity index (χ0n) is 10.5. The molecule has 4 heteroatoms. The Morgan fingerprint density at radius 1 is 1.53 bits per heavy atom. The highest BCUT2D eigenvalue weighted by molar-refractivity contribution is 7.80. The Morgan fingerprint density at radius 3 is 2.88 bits per heavy atom. The number of hydrogen-bond acceptors (Lipinski definition) is 3. The average Bonchev–Trinajstić information content (AvgIpc) is 2.13. The Bertz CT molecular complexity index is 457. The molecule has 1 heterocycles. The molecule has 0 spiro atoms. The van der Waals surface area contributed by atoms with E-state index in [1.54, 1.807) is 0 Å². The van der Waals surface area contributed by atoms with Crippen molar-refractivity contribution in [1.29, 1.82) is 0 Å². The van der Waals surface area contributed by atoms with Crippen LogP contribution in [0.2, 0.25) is 0 Å². The van der Waals surface area contributed by atoms with Crippen LogP contribution in [-0.2, 0) is 0 Å². The number of nitrogens with zero attached hydrogens (tertiary/aromatic N) is 1. The number of ether oxygens (including phenoxy) is 1. The van der Waals surface area contributed by atoms with E-state index in [0.29, 0.717) is 11.5 Å². The van der Waals surface area contributed by atoms with Gasteiger partial charge in [0.05, 0.1) is 23.8 Å². The molecule has 3 nitrogen and oxygen atoms in total. The molecule has 0 bridgehead atoms. The predicted octanol–water partition coefficient (Wildman–Crippen LogP) is 2.26. The SMILES string of the molecule is Cc1ccc2c(c1)OC(C)(C)CN2CC(N)=S. The summed E-state index contributed by atoms with van der Waals surface area (Å²) in [7, 11) is 0. The van der Waals surface area contributed by atoms with Crippen molar-refractivity contribution in [2.24, 2.45) is 5.73 Å². The highest BCUT2D eigenvalue weighted by atomic mass is 32.1. The van der Waals surface area contributed by atoms with Crippen LogP contribution in [0.3, 0.4) is 0 Å². The number of nitrogens with two attached hydrogens (primary N) is 1. The number of aryl methyl sites for hydroxylation is 1. The molecule has 17 heavy (non-hydrogen) atoms. The average molecular weight is 250 g/mol. The van der Waals surface area contributed by atoms with Crippen LogP contribution in [0.1, 0.15) is 19.4 Å². The van der Waals surface area contributed by atoms with Gasteiger partial charge in [0.2, 0.25) is 0 Å². The minimum absolute atomic E-state index is 0.217. The topological polar surface area (TPSA) is 38.5 Å². The van der Waals surface area contributed by atoms with Gasteiger partial charge in [-0.25, -0.2) is 0 Å². The van der Waals surface area contributed by atoms with Gasteiger partial charge in [-0.3, -0.25) is 0 Å². The molecule has 1 aromatic carbocycles. The second-order valence-electron chi connectivity index (χ2n) is 5.16. The van der Waals surface area contributed by atoms with Gasteiger partial charge >= 0.3 is 0 Å². The van der Waals surface area contributed by atoms with Gasteiger partial charge in [-0.05, 0) is 38.5 Å². The van der Waals surface area contributed by atoms with E-state index in [9.17, 15) is 0 Å². The van der Waals surface area contributed by atoms with E-state index < -0.39 is 0 Å². The lowest BCUT2D eigenvalue weighted by Crippen LogP contribution is -2.49. The van der Waals surface area contributed by atoms with Crippen LogP contribution < -0.4 is 15.4 Å². The Hall–Kier alpha value is -1.29. The van der Waals surface area contributed by atoms with Gasteiger partial charge in [-0.1, -0.05) is 18.3 Å². The second-order valence-corrected chi connectivity index (χ2v) is 5.68. The van der Waals surface area contributed by atoms with E-state index in [0.717, 1.165) is 18.0 Å². The molecule has 1 aromatic rings. The van der Waals surface area contributed by atoms with E-state index in [4.69, 9.17) is 22.7 Å². The molecule has 0 radical (unpaired) electrons. The summed E-state index contributed by atoms with van der Waals surface area (Å²) in [5.41, 5.74) is 7.69. The molecular formula is C13H18N2OS. The first-order valence-electron chi connectivity index (χ1n) is 5.70. The van der Waals surface area contributed by atoms with E-state index in [1.807, 2.05) is 0 Å². The van der Waals surface area contributed by atoms with Crippen LogP contribution in [0.4, 0.5) is 5.69 Å². The number of fused-ring (bicyclic) bond motifs is 1. The van der Waals surface area contributed by atoms with Crippen molar-refractivity contribution in [3.05, 3.63) is 23.8 Å². The normalized spacial score (nSPS) is 17.2. The lowest BCUT2D eigenvalue weighted by atomic mass is 10.0. The van der Waals surface area contributed by atoms with Gasteiger partial charge in [0.15, 0.2) is 0 Å². The highest BCUT2D eigenvalue weighted by Crippen LogP contribution is 2.37. The van der Waals surface area contributed by atoms with Crippen LogP contribution in [0.25, 0.3) is 0 Å². The van der Waals surface area contributed by atoms with Gasteiger partial charge in [-0.2, -0.15) is 0 Å². The Labute approximate surface area is 108 Å². The number of anilines is 1. The summed E-state index contributed by atoms with van der Waals surface area (Å²) in [5, 5.41) is 0. The van der Waals surface area contributed by atoms with Crippen LogP contribution in [0.15, 0.2) is 18.2 Å². The maximum absolute atomic E-state index is 5.99. The summed E-state index contributed by atoms with van der Waals surface area (Å²) >= 11 is 5.00. The zero-order valence-corrected chi connectivity index (χ0v) is 11.3. The molecule has 0 amide bonds. The van der Waals surface area contributed by atoms with Crippen molar-refractivity contribution in [1.82, 2.24) is 0 Å². The van der Waals surface area contributed by atoms with Gasteiger partial charge in [0, 0.05) is 0 Å². The first-order chi connectivity index (χ1) is 7.87. The van der Waals surface area contributed by atoms with Crippen molar-refractivity contribution in [3.63, 3.8) is 0 Å². The molecule has 0 atom stereocenters. The molecule has 2 N–H and O–H groups in total. The van der Waals surface area contributed by atoms with Crippen LogP contribution in [0, 0.1) is 6.92 Å². The lowest BCUT2D eigenvalue weighted by molar-refractivity contribution is 0.106. The fourth-order valence-corrected chi connectivity index (χ4v) is 2.32. The smallest absolute Gasteiger partial charge is 0.143 e. The van der Waals surface area contributed by atoms with Crippen molar-refractivity contribution < 1.29 is 4.74 Å². The minimum atomic E-state index is -0.217. The van der Waals surface area contributed by atoms with Crippen LogP contribution in [-0.4, -0.2) is 23.7 Å². The second kappa shape index (κ2) is 4.18. The maximum Gasteiger partial charge on any atom is 0.143 e. The Balaban J connectivity index is 2.40. The monoisotopic (exact) mass is 250 g/mol. The quantitative estimate of drug-likeness (QED) is 0.817. The zero-order chi connectivity index (χ0) is 12.6. The van der Waals surface area contributed by atoms with Crippen molar-refractivity contribution in [2.45, 2.75) is 26.4 Å². The van der Waals surface area contributed by atoms with Gasteiger partial charge < -0.3 is 15.4 Å². The molecule has 0 aromatic heterocycles. The molecule has 2 rings (SSSR count). The summed E-state index contributed by atoms with van der Waals surface area (Å²) in [6.45, 7) is 7.59. The van der Waals surface area contributed by atoms with Gasteiger partial charge in [-0.15, -0.1) is 0 Å². The summed E-state index contributed by atoms with van der Waals surface area (Å²) in [4.78, 5) is 2.69. The minimum Gasteiger partial charge on any atom is -0.484 e. The molecule has 0 unspecified atom stereocenters. The van der Waals surface area contributed by atoms with Crippen LogP contribution >= 0.6 is 12.2 Å². The third kappa shape index (κ3) is 2.69. The Morgan fingerprint density at radius 2 is 2.24 bits per heavy atom. The lowest BCUT2D eigenvalue weighted by Gasteiger charge is -2.40. The first-order valence-corrected chi connectivity index (χ1v) is 6.11. The summed E-state index contributed by atoms with van der Waals surface area (Å²) in [6.07, 6.45) is 0. The van der Waals surface area contributed by atoms with Gasteiger partial charge in [0.1, 0.15) is 11.4 Å². The molecule has 1 aliphatic heterocycles. The third-order valence-corrected chi connectivity index (χ3v) is 2.89. The molecular weight excluding hydrogens is 232 g/mol. The summed E-state index contributed by atoms with van der Waals surface area (Å²) < 4.78 is 5.99. The van der Waals surface area contributed by atoms with E-state index in [2.05, 4.69) is 43.9 Å². The van der Waals surface area contributed by atoms with E-state index in [1.165, 1.54) is 5.56 Å². The fraction of sp³-hybridized carbons (Fsp3) is 0.462. The third-order valence-electron chi connectivity index (χ3n) is 2.76. The number of thiocarbonyl (C=S) groups is 1. The Kier molecular flexibility index (Phi) is 3.00. The molecule has 0 saturated heterocycles. The number of hydrogen-bond donors (Lipinski definition) is 1. The number of rotatable bonds is 2. The van der Waals surface area contributed by atoms with Crippen LogP contribution in [0.5, 0.6) is 5.75 Å². The largest absolute Gasteiger partial charge is 0.484 e. The maximum atomic E-state index is 5.99. The highest BCUT2D eigenvalue weighted by Gasteiger charge is 2.31. The van der Waals surface area contributed by atoms with Gasteiger partial charge in [0.25, 0.3) is 0 Å². The summed E-state index contributed by atoms with van der Waals surface area (Å²) in [6, 6.07) is 6.20. The predicted molar refractivity (Wildman–Crippen MR) is 74.9 cm³/mol. The van der Waals surface area contributed by atoms with E-state index >= 15 is 0 Å². The van der Waals surface area contributed by atoms with E-state index in [-0.39, 0.29) is 5.60 Å². The first kappa shape index (κ1) is 12.2. The molecule has 92 valence electrons. The molecule has 1 aliphatic rings. The van der Waals surface area contributed by atoms with Crippen molar-refractivity contribution in [3.8, 4) is 5.75 Å². The summed E-state index contributed by atoms with van der Waals surface area (Å²) in [5.74, 6) is 0.914. The molecule has 0 saturated carbocycles. The van der Waals surface area contributed by atoms with Crippen molar-refractivity contribution in [2.75, 3.05) is 18.0 Å².